The van der Waals surface area contributed by atoms with Gasteiger partial charge in [0.2, 0.25) is 5.91 Å². The lowest BCUT2D eigenvalue weighted by atomic mass is 10.1. The third-order valence-electron chi connectivity index (χ3n) is 5.36. The lowest BCUT2D eigenvalue weighted by Gasteiger charge is -2.29. The highest BCUT2D eigenvalue weighted by Crippen LogP contribution is 2.23. The van der Waals surface area contributed by atoms with Crippen molar-refractivity contribution in [1.29, 1.82) is 0 Å². The Hall–Kier alpha value is -3.26. The topological polar surface area (TPSA) is 91.4 Å². The lowest BCUT2D eigenvalue weighted by Crippen LogP contribution is -2.48. The van der Waals surface area contributed by atoms with Crippen LogP contribution < -0.4 is 10.6 Å². The van der Waals surface area contributed by atoms with Gasteiger partial charge in [0.1, 0.15) is 11.7 Å². The predicted molar refractivity (Wildman–Crippen MR) is 121 cm³/mol. The molecule has 4 rings (SSSR count). The van der Waals surface area contributed by atoms with Crippen LogP contribution in [0, 0.1) is 0 Å². The Kier molecular flexibility index (Phi) is 6.27. The number of rotatable bonds is 5. The first-order valence-electron chi connectivity index (χ1n) is 10.4. The molecule has 3 amide bonds. The number of hydrogen-bond donors (Lipinski definition) is 2. The molecule has 2 aromatic carbocycles. The molecule has 2 N–H and O–H groups in total. The van der Waals surface area contributed by atoms with Crippen LogP contribution in [0.5, 0.6) is 0 Å². The fourth-order valence-electron chi connectivity index (χ4n) is 3.71. The number of likely N-dealkylation sites (tertiary alicyclic amines) is 1. The van der Waals surface area contributed by atoms with E-state index in [1.54, 1.807) is 31.2 Å². The number of carbonyl (C=O) groups excluding carboxylic acids is 3. The molecule has 1 saturated heterocycles. The third kappa shape index (κ3) is 4.74. The summed E-state index contributed by atoms with van der Waals surface area (Å²) >= 11 is 1.27. The summed E-state index contributed by atoms with van der Waals surface area (Å²) in [6, 6.07) is 13.6. The maximum Gasteiger partial charge on any atom is 0.276 e. The van der Waals surface area contributed by atoms with E-state index in [2.05, 4.69) is 15.0 Å². The Morgan fingerprint density at radius 2 is 1.77 bits per heavy atom. The zero-order chi connectivity index (χ0) is 21.8. The molecule has 8 heteroatoms. The van der Waals surface area contributed by atoms with Gasteiger partial charge in [-0.3, -0.25) is 14.4 Å². The summed E-state index contributed by atoms with van der Waals surface area (Å²) < 4.78 is 5.20. The number of carbonyl (C=O) groups is 3. The summed E-state index contributed by atoms with van der Waals surface area (Å²) in [6.07, 6.45) is 3.14. The van der Waals surface area contributed by atoms with Gasteiger partial charge in [0.25, 0.3) is 11.8 Å². The molecule has 0 aliphatic carbocycles. The Balaban J connectivity index is 1.42. The van der Waals surface area contributed by atoms with Crippen LogP contribution in [0.3, 0.4) is 0 Å². The van der Waals surface area contributed by atoms with E-state index in [1.165, 1.54) is 11.5 Å². The maximum atomic E-state index is 12.7. The minimum Gasteiger partial charge on any atom is -0.341 e. The predicted octanol–water partition coefficient (Wildman–Crippen LogP) is 3.68. The first-order chi connectivity index (χ1) is 15.0. The van der Waals surface area contributed by atoms with Crippen LogP contribution in [0.1, 0.15) is 47.0 Å². The SMILES string of the molecule is C[C@H](NC(=O)c1cccc(NC(=O)c2nsc3ccccc23)c1)C(=O)N1CCCCC1. The summed E-state index contributed by atoms with van der Waals surface area (Å²) in [6.45, 7) is 3.19. The minimum atomic E-state index is -0.606. The van der Waals surface area contributed by atoms with Crippen molar-refractivity contribution in [1.82, 2.24) is 14.6 Å². The zero-order valence-corrected chi connectivity index (χ0v) is 18.1. The van der Waals surface area contributed by atoms with Crippen LogP contribution >= 0.6 is 11.5 Å². The summed E-state index contributed by atoms with van der Waals surface area (Å²) in [7, 11) is 0. The molecular weight excluding hydrogens is 412 g/mol. The standard InChI is InChI=1S/C23H24N4O3S/c1-15(23(30)27-12-5-2-6-13-27)24-21(28)16-8-7-9-17(14-16)25-22(29)20-18-10-3-4-11-19(18)31-26-20/h3-4,7-11,14-15H,2,5-6,12-13H2,1H3,(H,24,28)(H,25,29)/t15-/m0/s1. The highest BCUT2D eigenvalue weighted by atomic mass is 32.1. The molecule has 1 aliphatic rings. The molecule has 0 unspecified atom stereocenters. The third-order valence-corrected chi connectivity index (χ3v) is 6.19. The van der Waals surface area contributed by atoms with Gasteiger partial charge in [-0.2, -0.15) is 4.37 Å². The molecule has 1 aliphatic heterocycles. The monoisotopic (exact) mass is 436 g/mol. The van der Waals surface area contributed by atoms with Crippen LogP contribution in [0.25, 0.3) is 10.1 Å². The molecule has 160 valence electrons. The molecule has 0 radical (unpaired) electrons. The van der Waals surface area contributed by atoms with Gasteiger partial charge in [-0.15, -0.1) is 0 Å². The van der Waals surface area contributed by atoms with Crippen LogP contribution in [-0.4, -0.2) is 46.1 Å². The van der Waals surface area contributed by atoms with Crippen molar-refractivity contribution in [2.24, 2.45) is 0 Å². The van der Waals surface area contributed by atoms with E-state index in [9.17, 15) is 14.4 Å². The van der Waals surface area contributed by atoms with E-state index < -0.39 is 6.04 Å². The summed E-state index contributed by atoms with van der Waals surface area (Å²) in [5, 5.41) is 6.38. The molecule has 0 saturated carbocycles. The molecule has 31 heavy (non-hydrogen) atoms. The normalized spacial score (nSPS) is 14.8. The van der Waals surface area contributed by atoms with Crippen molar-refractivity contribution >= 4 is 45.0 Å². The lowest BCUT2D eigenvalue weighted by molar-refractivity contribution is -0.133. The average molecular weight is 437 g/mol. The van der Waals surface area contributed by atoms with E-state index in [-0.39, 0.29) is 17.7 Å². The van der Waals surface area contributed by atoms with Crippen molar-refractivity contribution in [3.63, 3.8) is 0 Å². The Morgan fingerprint density at radius 3 is 2.58 bits per heavy atom. The first kappa shape index (κ1) is 21.0. The van der Waals surface area contributed by atoms with Gasteiger partial charge in [-0.05, 0) is 62.0 Å². The molecule has 1 aromatic heterocycles. The quantitative estimate of drug-likeness (QED) is 0.638. The van der Waals surface area contributed by atoms with E-state index in [1.807, 2.05) is 29.2 Å². The second-order valence-corrected chi connectivity index (χ2v) is 8.45. The number of fused-ring (bicyclic) bond motifs is 1. The molecule has 3 aromatic rings. The van der Waals surface area contributed by atoms with E-state index in [4.69, 9.17) is 0 Å². The van der Waals surface area contributed by atoms with Gasteiger partial charge >= 0.3 is 0 Å². The van der Waals surface area contributed by atoms with Crippen molar-refractivity contribution in [2.45, 2.75) is 32.2 Å². The fourth-order valence-corrected chi connectivity index (χ4v) is 4.48. The number of benzene rings is 2. The van der Waals surface area contributed by atoms with Crippen LogP contribution in [0.2, 0.25) is 0 Å². The Labute approximate surface area is 184 Å². The fraction of sp³-hybridized carbons (Fsp3) is 0.304. The number of nitrogens with zero attached hydrogens (tertiary/aromatic N) is 2. The van der Waals surface area contributed by atoms with Crippen LogP contribution in [0.15, 0.2) is 48.5 Å². The Morgan fingerprint density at radius 1 is 1.00 bits per heavy atom. The van der Waals surface area contributed by atoms with Crippen molar-refractivity contribution in [3.05, 3.63) is 59.8 Å². The number of aromatic nitrogens is 1. The van der Waals surface area contributed by atoms with Gasteiger partial charge < -0.3 is 15.5 Å². The first-order valence-corrected chi connectivity index (χ1v) is 11.2. The van der Waals surface area contributed by atoms with Gasteiger partial charge in [0.15, 0.2) is 0 Å². The van der Waals surface area contributed by atoms with E-state index in [0.29, 0.717) is 16.9 Å². The maximum absolute atomic E-state index is 12.7. The minimum absolute atomic E-state index is 0.0621. The van der Waals surface area contributed by atoms with Crippen molar-refractivity contribution in [3.8, 4) is 0 Å². The largest absolute Gasteiger partial charge is 0.341 e. The number of amides is 3. The summed E-state index contributed by atoms with van der Waals surface area (Å²) in [5.74, 6) is -0.746. The zero-order valence-electron chi connectivity index (χ0n) is 17.3. The second-order valence-electron chi connectivity index (χ2n) is 7.64. The Bertz CT molecular complexity index is 1120. The number of nitrogens with one attached hydrogen (secondary N) is 2. The van der Waals surface area contributed by atoms with Gasteiger partial charge in [0.05, 0.1) is 4.70 Å². The molecule has 1 atom stereocenters. The molecule has 0 bridgehead atoms. The van der Waals surface area contributed by atoms with Gasteiger partial charge in [-0.25, -0.2) is 0 Å². The van der Waals surface area contributed by atoms with Crippen LogP contribution in [-0.2, 0) is 4.79 Å². The summed E-state index contributed by atoms with van der Waals surface area (Å²) in [5.41, 5.74) is 1.22. The second kappa shape index (κ2) is 9.26. The van der Waals surface area contributed by atoms with Gasteiger partial charge in [-0.1, -0.05) is 24.3 Å². The molecule has 1 fully saturated rings. The van der Waals surface area contributed by atoms with Gasteiger partial charge in [0, 0.05) is 29.7 Å². The van der Waals surface area contributed by atoms with Crippen molar-refractivity contribution < 1.29 is 14.4 Å². The molecule has 7 nitrogen and oxygen atoms in total. The number of piperidine rings is 1. The van der Waals surface area contributed by atoms with E-state index in [0.717, 1.165) is 42.4 Å². The average Bonchev–Trinajstić information content (AvgIpc) is 3.23. The molecular formula is C23H24N4O3S. The highest BCUT2D eigenvalue weighted by Gasteiger charge is 2.24. The summed E-state index contributed by atoms with van der Waals surface area (Å²) in [4.78, 5) is 39.7. The number of anilines is 1. The highest BCUT2D eigenvalue weighted by molar-refractivity contribution is 7.13. The van der Waals surface area contributed by atoms with Crippen LogP contribution in [0.4, 0.5) is 5.69 Å². The van der Waals surface area contributed by atoms with Crippen molar-refractivity contribution in [2.75, 3.05) is 18.4 Å². The van der Waals surface area contributed by atoms with E-state index >= 15 is 0 Å². The number of hydrogen-bond acceptors (Lipinski definition) is 5. The smallest absolute Gasteiger partial charge is 0.276 e. The molecule has 2 heterocycles. The molecule has 0 spiro atoms.